The summed E-state index contributed by atoms with van der Waals surface area (Å²) < 4.78 is 5.03. The van der Waals surface area contributed by atoms with Crippen LogP contribution in [0.2, 0.25) is 5.02 Å². The molecule has 5 heteroatoms. The molecule has 0 aliphatic rings. The lowest BCUT2D eigenvalue weighted by molar-refractivity contribution is 0.398. The standard InChI is InChI=1S/C12H13ClN2OS/c1-15(2)9-7-17-12(11(9)13)8-4-5-10(16-3)14-6-8/h4-7H,1-3H3. The molecule has 0 fully saturated rings. The van der Waals surface area contributed by atoms with Crippen molar-refractivity contribution in [1.29, 1.82) is 0 Å². The van der Waals surface area contributed by atoms with Crippen LogP contribution >= 0.6 is 22.9 Å². The fraction of sp³-hybridized carbons (Fsp3) is 0.250. The van der Waals surface area contributed by atoms with Crippen molar-refractivity contribution in [2.24, 2.45) is 0 Å². The van der Waals surface area contributed by atoms with Gasteiger partial charge in [-0.2, -0.15) is 0 Å². The number of hydrogen-bond donors (Lipinski definition) is 0. The minimum Gasteiger partial charge on any atom is -0.481 e. The lowest BCUT2D eigenvalue weighted by atomic mass is 10.2. The molecule has 0 aliphatic heterocycles. The van der Waals surface area contributed by atoms with Crippen LogP contribution in [0, 0.1) is 0 Å². The number of hydrogen-bond acceptors (Lipinski definition) is 4. The van der Waals surface area contributed by atoms with E-state index in [1.807, 2.05) is 36.5 Å². The van der Waals surface area contributed by atoms with Crippen LogP contribution in [0.3, 0.4) is 0 Å². The molecular weight excluding hydrogens is 256 g/mol. The van der Waals surface area contributed by atoms with E-state index in [1.165, 1.54) is 0 Å². The monoisotopic (exact) mass is 268 g/mol. The number of rotatable bonds is 3. The first-order valence-electron chi connectivity index (χ1n) is 5.08. The average molecular weight is 269 g/mol. The van der Waals surface area contributed by atoms with Gasteiger partial charge >= 0.3 is 0 Å². The van der Waals surface area contributed by atoms with Crippen molar-refractivity contribution in [3.8, 4) is 16.3 Å². The number of ether oxygens (including phenoxy) is 1. The van der Waals surface area contributed by atoms with E-state index in [0.717, 1.165) is 21.2 Å². The van der Waals surface area contributed by atoms with Crippen molar-refractivity contribution in [3.05, 3.63) is 28.7 Å². The van der Waals surface area contributed by atoms with Crippen molar-refractivity contribution in [3.63, 3.8) is 0 Å². The van der Waals surface area contributed by atoms with Crippen LogP contribution in [0.4, 0.5) is 5.69 Å². The quantitative estimate of drug-likeness (QED) is 0.851. The third-order valence-electron chi connectivity index (χ3n) is 2.40. The Morgan fingerprint density at radius 3 is 2.59 bits per heavy atom. The van der Waals surface area contributed by atoms with Gasteiger partial charge in [0.05, 0.1) is 22.7 Å². The van der Waals surface area contributed by atoms with Gasteiger partial charge in [-0.3, -0.25) is 0 Å². The Labute approximate surface area is 110 Å². The van der Waals surface area contributed by atoms with Crippen molar-refractivity contribution >= 4 is 28.6 Å². The lowest BCUT2D eigenvalue weighted by Crippen LogP contribution is -2.07. The maximum Gasteiger partial charge on any atom is 0.212 e. The van der Waals surface area contributed by atoms with Crippen molar-refractivity contribution in [2.75, 3.05) is 26.1 Å². The Morgan fingerprint density at radius 2 is 2.12 bits per heavy atom. The van der Waals surface area contributed by atoms with Gasteiger partial charge in [0.15, 0.2) is 0 Å². The fourth-order valence-corrected chi connectivity index (χ4v) is 3.02. The molecule has 90 valence electrons. The lowest BCUT2D eigenvalue weighted by Gasteiger charge is -2.10. The van der Waals surface area contributed by atoms with Crippen molar-refractivity contribution < 1.29 is 4.74 Å². The first kappa shape index (κ1) is 12.2. The maximum atomic E-state index is 6.34. The van der Waals surface area contributed by atoms with E-state index >= 15 is 0 Å². The zero-order valence-electron chi connectivity index (χ0n) is 9.90. The zero-order valence-corrected chi connectivity index (χ0v) is 11.5. The molecule has 0 saturated heterocycles. The number of nitrogens with zero attached hydrogens (tertiary/aromatic N) is 2. The van der Waals surface area contributed by atoms with Crippen LogP contribution in [0.15, 0.2) is 23.7 Å². The van der Waals surface area contributed by atoms with E-state index in [0.29, 0.717) is 5.88 Å². The summed E-state index contributed by atoms with van der Waals surface area (Å²) in [4.78, 5) is 7.21. The average Bonchev–Trinajstić information content (AvgIpc) is 2.71. The van der Waals surface area contributed by atoms with E-state index in [-0.39, 0.29) is 0 Å². The summed E-state index contributed by atoms with van der Waals surface area (Å²) in [7, 11) is 5.55. The summed E-state index contributed by atoms with van der Waals surface area (Å²) in [5.41, 5.74) is 2.04. The smallest absolute Gasteiger partial charge is 0.212 e. The summed E-state index contributed by atoms with van der Waals surface area (Å²) >= 11 is 7.95. The van der Waals surface area contributed by atoms with Crippen LogP contribution in [-0.2, 0) is 0 Å². The number of methoxy groups -OCH3 is 1. The summed E-state index contributed by atoms with van der Waals surface area (Å²) in [5, 5.41) is 2.81. The molecule has 3 nitrogen and oxygen atoms in total. The summed E-state index contributed by atoms with van der Waals surface area (Å²) in [6.45, 7) is 0. The van der Waals surface area contributed by atoms with Crippen LogP contribution in [0.1, 0.15) is 0 Å². The third-order valence-corrected chi connectivity index (χ3v) is 3.91. The Balaban J connectivity index is 2.39. The van der Waals surface area contributed by atoms with Crippen LogP contribution < -0.4 is 9.64 Å². The second kappa shape index (κ2) is 4.94. The van der Waals surface area contributed by atoms with Gasteiger partial charge < -0.3 is 9.64 Å². The summed E-state index contributed by atoms with van der Waals surface area (Å²) in [6.07, 6.45) is 1.77. The second-order valence-electron chi connectivity index (χ2n) is 3.75. The molecule has 0 aliphatic carbocycles. The maximum absolute atomic E-state index is 6.34. The van der Waals surface area contributed by atoms with Crippen molar-refractivity contribution in [1.82, 2.24) is 4.98 Å². The molecule has 0 aromatic carbocycles. The SMILES string of the molecule is COc1ccc(-c2scc(N(C)C)c2Cl)cn1. The molecule has 0 N–H and O–H groups in total. The van der Waals surface area contributed by atoms with Crippen molar-refractivity contribution in [2.45, 2.75) is 0 Å². The first-order chi connectivity index (χ1) is 8.13. The fourth-order valence-electron chi connectivity index (χ4n) is 1.47. The minimum atomic E-state index is 0.606. The van der Waals surface area contributed by atoms with Crippen LogP contribution in [-0.4, -0.2) is 26.2 Å². The van der Waals surface area contributed by atoms with E-state index in [9.17, 15) is 0 Å². The molecule has 0 atom stereocenters. The van der Waals surface area contributed by atoms with E-state index < -0.39 is 0 Å². The molecule has 0 bridgehead atoms. The molecule has 0 amide bonds. The zero-order chi connectivity index (χ0) is 12.4. The van der Waals surface area contributed by atoms with E-state index in [4.69, 9.17) is 16.3 Å². The highest BCUT2D eigenvalue weighted by molar-refractivity contribution is 7.15. The van der Waals surface area contributed by atoms with Gasteiger partial charge in [0.1, 0.15) is 0 Å². The predicted molar refractivity (Wildman–Crippen MR) is 73.4 cm³/mol. The summed E-state index contributed by atoms with van der Waals surface area (Å²) in [5.74, 6) is 0.606. The molecule has 2 aromatic heterocycles. The largest absolute Gasteiger partial charge is 0.481 e. The number of thiophene rings is 1. The molecule has 0 spiro atoms. The molecule has 2 aromatic rings. The molecule has 2 heterocycles. The van der Waals surface area contributed by atoms with Crippen LogP contribution in [0.25, 0.3) is 10.4 Å². The minimum absolute atomic E-state index is 0.606. The molecule has 0 radical (unpaired) electrons. The van der Waals surface area contributed by atoms with Gasteiger partial charge in [0.2, 0.25) is 5.88 Å². The number of anilines is 1. The highest BCUT2D eigenvalue weighted by atomic mass is 35.5. The molecular formula is C12H13ClN2OS. The second-order valence-corrected chi connectivity index (χ2v) is 5.01. The van der Waals surface area contributed by atoms with Gasteiger partial charge in [-0.1, -0.05) is 11.6 Å². The third kappa shape index (κ3) is 2.37. The number of halogens is 1. The number of aromatic nitrogens is 1. The van der Waals surface area contributed by atoms with Gasteiger partial charge in [0.25, 0.3) is 0 Å². The van der Waals surface area contributed by atoms with E-state index in [2.05, 4.69) is 4.98 Å². The summed E-state index contributed by atoms with van der Waals surface area (Å²) in [6, 6.07) is 3.80. The van der Waals surface area contributed by atoms with Gasteiger partial charge in [0, 0.05) is 37.3 Å². The molecule has 17 heavy (non-hydrogen) atoms. The van der Waals surface area contributed by atoms with Gasteiger partial charge in [-0.05, 0) is 6.07 Å². The Hall–Kier alpha value is -1.26. The highest BCUT2D eigenvalue weighted by Gasteiger charge is 2.13. The molecule has 0 saturated carbocycles. The van der Waals surface area contributed by atoms with E-state index in [1.54, 1.807) is 24.6 Å². The molecule has 2 rings (SSSR count). The number of pyridine rings is 1. The highest BCUT2D eigenvalue weighted by Crippen LogP contribution is 2.40. The predicted octanol–water partition coefficient (Wildman–Crippen LogP) is 3.54. The first-order valence-corrected chi connectivity index (χ1v) is 6.34. The Morgan fingerprint density at radius 1 is 1.35 bits per heavy atom. The Kier molecular flexibility index (Phi) is 3.54. The van der Waals surface area contributed by atoms with Gasteiger partial charge in [-0.15, -0.1) is 11.3 Å². The van der Waals surface area contributed by atoms with Gasteiger partial charge in [-0.25, -0.2) is 4.98 Å². The van der Waals surface area contributed by atoms with Crippen LogP contribution in [0.5, 0.6) is 5.88 Å². The normalized spacial score (nSPS) is 10.4. The topological polar surface area (TPSA) is 25.4 Å². The molecule has 0 unspecified atom stereocenters. The Bertz CT molecular complexity index is 508.